The van der Waals surface area contributed by atoms with Crippen molar-refractivity contribution < 1.29 is 37.5 Å². The van der Waals surface area contributed by atoms with Crippen LogP contribution in [0.1, 0.15) is 163 Å². The Balaban J connectivity index is 3.97. The van der Waals surface area contributed by atoms with Gasteiger partial charge in [0.15, 0.2) is 12.2 Å². The quantitative estimate of drug-likeness (QED) is 0.0402. The molecule has 0 saturated heterocycles. The summed E-state index contributed by atoms with van der Waals surface area (Å²) in [6.45, 7) is 12.6. The predicted molar refractivity (Wildman–Crippen MR) is 196 cm³/mol. The highest BCUT2D eigenvalue weighted by Crippen LogP contribution is 2.13. The minimum atomic E-state index is -0.553. The average molecular weight is 673 g/mol. The summed E-state index contributed by atoms with van der Waals surface area (Å²) in [7, 11) is 8.69. The summed E-state index contributed by atoms with van der Waals surface area (Å²) >= 11 is 0. The standard InChI is InChI=1S/C39H80N2O6/c1-9-11-13-15-17-19-21-23-25-27-32-44-38(42)46-36(3)34-40(5,6)30-29-31-41(7,8)35-37(4)47-39(43)45-33-28-26-24-22-20-18-16-14-12-10-2/h36-37H,9-35H2,1-8H3/q+2. The Labute approximate surface area is 291 Å². The van der Waals surface area contributed by atoms with Crippen LogP contribution in [0, 0.1) is 0 Å². The fourth-order valence-corrected chi connectivity index (χ4v) is 6.46. The van der Waals surface area contributed by atoms with Crippen LogP contribution in [0.5, 0.6) is 0 Å². The number of carbonyl (C=O) groups excluding carboxylic acids is 2. The Bertz CT molecular complexity index is 685. The SMILES string of the molecule is CCCCCCCCCCCCOC(=O)OC(C)C[N+](C)(C)CCC[N+](C)(C)CC(C)OC(=O)OCCCCCCCCCCCC. The molecule has 0 fully saturated rings. The molecular formula is C39H80N2O6+2. The van der Waals surface area contributed by atoms with Gasteiger partial charge in [0.2, 0.25) is 0 Å². The first kappa shape index (κ1) is 45.5. The van der Waals surface area contributed by atoms with Crippen LogP contribution in [0.4, 0.5) is 9.59 Å². The molecule has 0 aromatic heterocycles. The zero-order valence-corrected chi connectivity index (χ0v) is 32.6. The first-order valence-electron chi connectivity index (χ1n) is 19.7. The second kappa shape index (κ2) is 29.4. The predicted octanol–water partition coefficient (Wildman–Crippen LogP) is 10.5. The van der Waals surface area contributed by atoms with Crippen LogP contribution in [-0.2, 0) is 18.9 Å². The maximum Gasteiger partial charge on any atom is 0.508 e. The lowest BCUT2D eigenvalue weighted by Gasteiger charge is -2.35. The number of hydrogen-bond donors (Lipinski definition) is 0. The molecule has 2 atom stereocenters. The number of rotatable bonds is 32. The van der Waals surface area contributed by atoms with E-state index < -0.39 is 12.3 Å². The van der Waals surface area contributed by atoms with E-state index in [2.05, 4.69) is 42.0 Å². The molecule has 2 unspecified atom stereocenters. The molecule has 0 bridgehead atoms. The highest BCUT2D eigenvalue weighted by Gasteiger charge is 2.26. The van der Waals surface area contributed by atoms with Gasteiger partial charge in [0.25, 0.3) is 0 Å². The maximum absolute atomic E-state index is 12.2. The van der Waals surface area contributed by atoms with Gasteiger partial charge in [-0.1, -0.05) is 129 Å². The van der Waals surface area contributed by atoms with Crippen molar-refractivity contribution in [3.05, 3.63) is 0 Å². The summed E-state index contributed by atoms with van der Waals surface area (Å²) in [6.07, 6.45) is 24.6. The third-order valence-electron chi connectivity index (χ3n) is 9.06. The van der Waals surface area contributed by atoms with Crippen molar-refractivity contribution in [3.8, 4) is 0 Å². The zero-order chi connectivity index (χ0) is 35.2. The Hall–Kier alpha value is -1.54. The van der Waals surface area contributed by atoms with Gasteiger partial charge in [-0.05, 0) is 26.7 Å². The summed E-state index contributed by atoms with van der Waals surface area (Å²) in [6, 6.07) is 0. The van der Waals surface area contributed by atoms with Crippen LogP contribution in [0.15, 0.2) is 0 Å². The number of nitrogens with zero attached hydrogens (tertiary/aromatic N) is 2. The third-order valence-corrected chi connectivity index (χ3v) is 9.06. The molecule has 0 aliphatic carbocycles. The van der Waals surface area contributed by atoms with Gasteiger partial charge in [-0.3, -0.25) is 0 Å². The van der Waals surface area contributed by atoms with Crippen LogP contribution < -0.4 is 0 Å². The monoisotopic (exact) mass is 673 g/mol. The van der Waals surface area contributed by atoms with Crippen molar-refractivity contribution >= 4 is 12.3 Å². The normalized spacial score (nSPS) is 13.3. The molecule has 47 heavy (non-hydrogen) atoms. The summed E-state index contributed by atoms with van der Waals surface area (Å²) < 4.78 is 23.3. The van der Waals surface area contributed by atoms with Crippen LogP contribution in [0.3, 0.4) is 0 Å². The summed E-state index contributed by atoms with van der Waals surface area (Å²) in [5.41, 5.74) is 0. The molecule has 280 valence electrons. The van der Waals surface area contributed by atoms with E-state index in [1.807, 2.05) is 13.8 Å². The van der Waals surface area contributed by atoms with E-state index in [9.17, 15) is 9.59 Å². The Morgan fingerprint density at radius 3 is 1.02 bits per heavy atom. The first-order chi connectivity index (χ1) is 22.4. The van der Waals surface area contributed by atoms with E-state index in [0.29, 0.717) is 13.2 Å². The van der Waals surface area contributed by atoms with Crippen LogP contribution in [0.2, 0.25) is 0 Å². The Kier molecular flexibility index (Phi) is 28.4. The van der Waals surface area contributed by atoms with Gasteiger partial charge in [0.05, 0.1) is 54.5 Å². The molecule has 0 N–H and O–H groups in total. The highest BCUT2D eigenvalue weighted by molar-refractivity contribution is 5.60. The summed E-state index contributed by atoms with van der Waals surface area (Å²) in [5, 5.41) is 0. The molecule has 0 spiro atoms. The number of unbranched alkanes of at least 4 members (excludes halogenated alkanes) is 18. The molecular weight excluding hydrogens is 592 g/mol. The van der Waals surface area contributed by atoms with Crippen molar-refractivity contribution in [2.24, 2.45) is 0 Å². The fourth-order valence-electron chi connectivity index (χ4n) is 6.46. The second-order valence-electron chi connectivity index (χ2n) is 15.5. The number of carbonyl (C=O) groups is 2. The minimum absolute atomic E-state index is 0.215. The topological polar surface area (TPSA) is 71.1 Å². The lowest BCUT2D eigenvalue weighted by Crippen LogP contribution is -2.50. The smallest absolute Gasteiger partial charge is 0.434 e. The molecule has 0 saturated carbocycles. The zero-order valence-electron chi connectivity index (χ0n) is 32.6. The Morgan fingerprint density at radius 1 is 0.447 bits per heavy atom. The van der Waals surface area contributed by atoms with Crippen molar-refractivity contribution in [2.75, 3.05) is 67.6 Å². The van der Waals surface area contributed by atoms with Crippen LogP contribution >= 0.6 is 0 Å². The summed E-state index contributed by atoms with van der Waals surface area (Å²) in [4.78, 5) is 24.4. The van der Waals surface area contributed by atoms with Crippen molar-refractivity contribution in [2.45, 2.75) is 175 Å². The number of hydrogen-bond acceptors (Lipinski definition) is 6. The van der Waals surface area contributed by atoms with Crippen molar-refractivity contribution in [3.63, 3.8) is 0 Å². The van der Waals surface area contributed by atoms with Gasteiger partial charge in [0.1, 0.15) is 13.1 Å². The molecule has 8 nitrogen and oxygen atoms in total. The van der Waals surface area contributed by atoms with Gasteiger partial charge in [-0.15, -0.1) is 0 Å². The molecule has 0 aliphatic rings. The van der Waals surface area contributed by atoms with Gasteiger partial charge in [-0.2, -0.15) is 0 Å². The first-order valence-corrected chi connectivity index (χ1v) is 19.7. The van der Waals surface area contributed by atoms with E-state index in [4.69, 9.17) is 18.9 Å². The molecule has 0 radical (unpaired) electrons. The molecule has 8 heteroatoms. The van der Waals surface area contributed by atoms with Crippen molar-refractivity contribution in [1.29, 1.82) is 0 Å². The number of ether oxygens (including phenoxy) is 4. The van der Waals surface area contributed by atoms with E-state index in [0.717, 1.165) is 67.2 Å². The second-order valence-corrected chi connectivity index (χ2v) is 15.5. The lowest BCUT2D eigenvalue weighted by molar-refractivity contribution is -0.911. The number of likely N-dealkylation sites (N-methyl/N-ethyl adjacent to an activating group) is 2. The highest BCUT2D eigenvalue weighted by atomic mass is 16.7. The maximum atomic E-state index is 12.2. The molecule has 0 aliphatic heterocycles. The van der Waals surface area contributed by atoms with Gasteiger partial charge in [-0.25, -0.2) is 9.59 Å². The van der Waals surface area contributed by atoms with Gasteiger partial charge < -0.3 is 27.9 Å². The lowest BCUT2D eigenvalue weighted by atomic mass is 10.1. The molecule has 0 rings (SSSR count). The van der Waals surface area contributed by atoms with Gasteiger partial charge >= 0.3 is 12.3 Å². The molecule has 0 aromatic carbocycles. The minimum Gasteiger partial charge on any atom is -0.434 e. The molecule has 0 heterocycles. The summed E-state index contributed by atoms with van der Waals surface area (Å²) in [5.74, 6) is 0. The van der Waals surface area contributed by atoms with E-state index in [-0.39, 0.29) is 12.2 Å². The van der Waals surface area contributed by atoms with E-state index in [1.165, 1.54) is 103 Å². The third kappa shape index (κ3) is 31.5. The van der Waals surface area contributed by atoms with E-state index in [1.54, 1.807) is 0 Å². The largest absolute Gasteiger partial charge is 0.508 e. The van der Waals surface area contributed by atoms with Gasteiger partial charge in [0, 0.05) is 6.42 Å². The molecule has 0 aromatic rings. The van der Waals surface area contributed by atoms with Crippen LogP contribution in [-0.4, -0.2) is 101 Å². The van der Waals surface area contributed by atoms with Crippen LogP contribution in [0.25, 0.3) is 0 Å². The average Bonchev–Trinajstić information content (AvgIpc) is 2.97. The molecule has 0 amide bonds. The fraction of sp³-hybridized carbons (Fsp3) is 0.949. The van der Waals surface area contributed by atoms with E-state index >= 15 is 0 Å². The Morgan fingerprint density at radius 2 is 0.723 bits per heavy atom. The van der Waals surface area contributed by atoms with Crippen molar-refractivity contribution in [1.82, 2.24) is 0 Å². The number of quaternary nitrogens is 2.